The van der Waals surface area contributed by atoms with Gasteiger partial charge in [-0.2, -0.15) is 0 Å². The Morgan fingerprint density at radius 2 is 1.68 bits per heavy atom. The van der Waals surface area contributed by atoms with E-state index in [1.807, 2.05) is 0 Å². The maximum atomic E-state index is 6.50. The molecule has 0 aromatic heterocycles. The monoisotopic (exact) mass is 278 g/mol. The smallest absolute Gasteiger partial charge is 0.125 e. The van der Waals surface area contributed by atoms with Crippen molar-refractivity contribution >= 4 is 11.6 Å². The number of aryl methyl sites for hydroxylation is 3. The van der Waals surface area contributed by atoms with E-state index >= 15 is 0 Å². The lowest BCUT2D eigenvalue weighted by Crippen LogP contribution is -2.55. The molecule has 0 radical (unpaired) electrons. The fourth-order valence-electron chi connectivity index (χ4n) is 4.03. The Morgan fingerprint density at radius 1 is 1.11 bits per heavy atom. The Balaban J connectivity index is 1.83. The molecule has 2 heteroatoms. The van der Waals surface area contributed by atoms with Crippen molar-refractivity contribution in [1.82, 2.24) is 0 Å². The first-order valence-corrected chi connectivity index (χ1v) is 7.85. The number of hydrogen-bond donors (Lipinski definition) is 0. The highest BCUT2D eigenvalue weighted by atomic mass is 35.5. The van der Waals surface area contributed by atoms with Gasteiger partial charge >= 0.3 is 0 Å². The molecule has 2 saturated carbocycles. The van der Waals surface area contributed by atoms with E-state index in [1.54, 1.807) is 0 Å². The van der Waals surface area contributed by atoms with Gasteiger partial charge < -0.3 is 4.74 Å². The maximum Gasteiger partial charge on any atom is 0.125 e. The highest BCUT2D eigenvalue weighted by Crippen LogP contribution is 2.57. The Labute approximate surface area is 121 Å². The normalized spacial score (nSPS) is 28.4. The van der Waals surface area contributed by atoms with Crippen LogP contribution in [0.3, 0.4) is 0 Å². The van der Waals surface area contributed by atoms with Crippen molar-refractivity contribution in [3.8, 4) is 5.75 Å². The Bertz CT molecular complexity index is 465. The molecule has 2 aliphatic carbocycles. The van der Waals surface area contributed by atoms with Crippen molar-refractivity contribution < 1.29 is 4.74 Å². The van der Waals surface area contributed by atoms with E-state index in [0.717, 1.165) is 12.2 Å². The number of alkyl halides is 1. The summed E-state index contributed by atoms with van der Waals surface area (Å²) in [7, 11) is 0. The molecule has 0 amide bonds. The van der Waals surface area contributed by atoms with Crippen molar-refractivity contribution in [2.24, 2.45) is 5.41 Å². The predicted octanol–water partition coefficient (Wildman–Crippen LogP) is 4.93. The largest absolute Gasteiger partial charge is 0.489 e. The van der Waals surface area contributed by atoms with E-state index in [9.17, 15) is 0 Å². The zero-order chi connectivity index (χ0) is 13.6. The van der Waals surface area contributed by atoms with Crippen LogP contribution in [0.1, 0.15) is 48.8 Å². The molecule has 1 spiro atoms. The van der Waals surface area contributed by atoms with Gasteiger partial charge in [0.15, 0.2) is 0 Å². The van der Waals surface area contributed by atoms with Crippen LogP contribution < -0.4 is 4.74 Å². The molecule has 2 aliphatic rings. The van der Waals surface area contributed by atoms with Crippen molar-refractivity contribution in [3.05, 3.63) is 28.8 Å². The van der Waals surface area contributed by atoms with Gasteiger partial charge in [0.2, 0.25) is 0 Å². The molecule has 0 heterocycles. The van der Waals surface area contributed by atoms with Crippen LogP contribution in [-0.4, -0.2) is 11.5 Å². The van der Waals surface area contributed by atoms with Gasteiger partial charge in [0.05, 0.1) is 0 Å². The van der Waals surface area contributed by atoms with Crippen LogP contribution >= 0.6 is 11.6 Å². The van der Waals surface area contributed by atoms with E-state index in [0.29, 0.717) is 11.5 Å². The first kappa shape index (κ1) is 13.3. The lowest BCUT2D eigenvalue weighted by atomic mass is 9.64. The molecule has 19 heavy (non-hydrogen) atoms. The van der Waals surface area contributed by atoms with Crippen LogP contribution in [0.25, 0.3) is 0 Å². The maximum absolute atomic E-state index is 6.50. The first-order valence-electron chi connectivity index (χ1n) is 7.41. The SMILES string of the molecule is Cc1cc(C)c(OC2CC(Cl)C23CCCC3)c(C)c1. The van der Waals surface area contributed by atoms with E-state index in [1.165, 1.54) is 42.4 Å². The van der Waals surface area contributed by atoms with E-state index in [-0.39, 0.29) is 5.41 Å². The summed E-state index contributed by atoms with van der Waals surface area (Å²) in [4.78, 5) is 0. The van der Waals surface area contributed by atoms with Crippen molar-refractivity contribution in [2.75, 3.05) is 0 Å². The number of halogens is 1. The molecule has 0 bridgehead atoms. The van der Waals surface area contributed by atoms with Gasteiger partial charge in [-0.05, 0) is 44.7 Å². The second kappa shape index (κ2) is 4.70. The topological polar surface area (TPSA) is 9.23 Å². The van der Waals surface area contributed by atoms with Gasteiger partial charge in [0.1, 0.15) is 11.9 Å². The number of hydrogen-bond acceptors (Lipinski definition) is 1. The summed E-state index contributed by atoms with van der Waals surface area (Å²) in [6.45, 7) is 6.43. The van der Waals surface area contributed by atoms with Crippen LogP contribution in [-0.2, 0) is 0 Å². The number of ether oxygens (including phenoxy) is 1. The summed E-state index contributed by atoms with van der Waals surface area (Å²) in [6, 6.07) is 4.42. The Hall–Kier alpha value is -0.690. The minimum atomic E-state index is 0.269. The van der Waals surface area contributed by atoms with Gasteiger partial charge in [0.25, 0.3) is 0 Å². The van der Waals surface area contributed by atoms with Gasteiger partial charge in [-0.25, -0.2) is 0 Å². The third kappa shape index (κ3) is 2.07. The lowest BCUT2D eigenvalue weighted by molar-refractivity contribution is -0.0362. The van der Waals surface area contributed by atoms with E-state index in [2.05, 4.69) is 32.9 Å². The summed E-state index contributed by atoms with van der Waals surface area (Å²) >= 11 is 6.50. The summed E-state index contributed by atoms with van der Waals surface area (Å²) in [5, 5.41) is 0.325. The molecule has 1 nitrogen and oxygen atoms in total. The summed E-state index contributed by atoms with van der Waals surface area (Å²) < 4.78 is 6.39. The first-order chi connectivity index (χ1) is 9.03. The van der Waals surface area contributed by atoms with Crippen molar-refractivity contribution in [2.45, 2.75) is 64.4 Å². The van der Waals surface area contributed by atoms with Gasteiger partial charge in [0, 0.05) is 17.2 Å². The molecule has 0 saturated heterocycles. The summed E-state index contributed by atoms with van der Waals surface area (Å²) in [5.74, 6) is 1.09. The number of benzene rings is 1. The average Bonchev–Trinajstić information content (AvgIpc) is 2.84. The van der Waals surface area contributed by atoms with Crippen molar-refractivity contribution in [1.29, 1.82) is 0 Å². The van der Waals surface area contributed by atoms with E-state index < -0.39 is 0 Å². The molecule has 2 atom stereocenters. The van der Waals surface area contributed by atoms with Gasteiger partial charge in [-0.15, -0.1) is 11.6 Å². The van der Waals surface area contributed by atoms with Crippen LogP contribution in [0.4, 0.5) is 0 Å². The molecule has 1 aromatic carbocycles. The molecule has 2 unspecified atom stereocenters. The average molecular weight is 279 g/mol. The molecule has 0 N–H and O–H groups in total. The van der Waals surface area contributed by atoms with Gasteiger partial charge in [-0.1, -0.05) is 30.5 Å². The molecule has 2 fully saturated rings. The standard InChI is InChI=1S/C17H23ClO/c1-11-8-12(2)16(13(3)9-11)19-15-10-14(18)17(15)6-4-5-7-17/h8-9,14-15H,4-7,10H2,1-3H3. The molecule has 104 valence electrons. The third-order valence-electron chi connectivity index (χ3n) is 5.09. The van der Waals surface area contributed by atoms with Crippen LogP contribution in [0.2, 0.25) is 0 Å². The zero-order valence-corrected chi connectivity index (χ0v) is 12.9. The van der Waals surface area contributed by atoms with Crippen LogP contribution in [0.5, 0.6) is 5.75 Å². The minimum absolute atomic E-state index is 0.269. The molecular weight excluding hydrogens is 256 g/mol. The highest BCUT2D eigenvalue weighted by molar-refractivity contribution is 6.21. The summed E-state index contributed by atoms with van der Waals surface area (Å²) in [5.41, 5.74) is 4.08. The fraction of sp³-hybridized carbons (Fsp3) is 0.647. The molecule has 1 aromatic rings. The Morgan fingerprint density at radius 3 is 2.21 bits per heavy atom. The zero-order valence-electron chi connectivity index (χ0n) is 12.1. The van der Waals surface area contributed by atoms with Crippen molar-refractivity contribution in [3.63, 3.8) is 0 Å². The van der Waals surface area contributed by atoms with Gasteiger partial charge in [-0.3, -0.25) is 0 Å². The number of rotatable bonds is 2. The fourth-order valence-corrected chi connectivity index (χ4v) is 4.55. The quantitative estimate of drug-likeness (QED) is 0.697. The second-order valence-corrected chi connectivity index (χ2v) is 7.00. The third-order valence-corrected chi connectivity index (χ3v) is 5.70. The molecular formula is C17H23ClO. The molecule has 0 aliphatic heterocycles. The van der Waals surface area contributed by atoms with E-state index in [4.69, 9.17) is 16.3 Å². The highest BCUT2D eigenvalue weighted by Gasteiger charge is 2.57. The second-order valence-electron chi connectivity index (χ2n) is 6.48. The predicted molar refractivity (Wildman–Crippen MR) is 80.2 cm³/mol. The molecule has 3 rings (SSSR count). The summed E-state index contributed by atoms with van der Waals surface area (Å²) in [6.07, 6.45) is 6.46. The minimum Gasteiger partial charge on any atom is -0.489 e. The lowest BCUT2D eigenvalue weighted by Gasteiger charge is -2.51. The van der Waals surface area contributed by atoms with Crippen LogP contribution in [0, 0.1) is 26.2 Å². The Kier molecular flexibility index (Phi) is 3.29. The van der Waals surface area contributed by atoms with Crippen LogP contribution in [0.15, 0.2) is 12.1 Å².